The van der Waals surface area contributed by atoms with E-state index in [9.17, 15) is 0 Å². The summed E-state index contributed by atoms with van der Waals surface area (Å²) in [5.41, 5.74) is 5.31. The Morgan fingerprint density at radius 1 is 1.35 bits per heavy atom. The molecule has 0 amide bonds. The van der Waals surface area contributed by atoms with Crippen LogP contribution in [0.1, 0.15) is 41.8 Å². The van der Waals surface area contributed by atoms with Gasteiger partial charge < -0.3 is 5.32 Å². The van der Waals surface area contributed by atoms with Crippen molar-refractivity contribution < 1.29 is 0 Å². The minimum Gasteiger partial charge on any atom is -0.308 e. The molecule has 1 heterocycles. The van der Waals surface area contributed by atoms with E-state index >= 15 is 0 Å². The van der Waals surface area contributed by atoms with Gasteiger partial charge in [0.1, 0.15) is 0 Å². The summed E-state index contributed by atoms with van der Waals surface area (Å²) < 4.78 is 1.97. The highest BCUT2D eigenvalue weighted by molar-refractivity contribution is 6.31. The number of fused-ring (bicyclic) bond motifs is 1. The van der Waals surface area contributed by atoms with Gasteiger partial charge in [-0.1, -0.05) is 29.8 Å². The highest BCUT2D eigenvalue weighted by Crippen LogP contribution is 2.31. The van der Waals surface area contributed by atoms with Gasteiger partial charge >= 0.3 is 0 Å². The number of hydrogen-bond donors (Lipinski definition) is 1. The molecule has 1 unspecified atom stereocenters. The van der Waals surface area contributed by atoms with Crippen molar-refractivity contribution >= 4 is 11.6 Å². The highest BCUT2D eigenvalue weighted by atomic mass is 35.5. The molecule has 0 saturated heterocycles. The van der Waals surface area contributed by atoms with E-state index < -0.39 is 0 Å². The van der Waals surface area contributed by atoms with Crippen LogP contribution in [0.2, 0.25) is 5.02 Å². The first-order valence-corrected chi connectivity index (χ1v) is 7.62. The van der Waals surface area contributed by atoms with Crippen molar-refractivity contribution in [2.75, 3.05) is 7.05 Å². The second kappa shape index (κ2) is 5.58. The van der Waals surface area contributed by atoms with E-state index in [4.69, 9.17) is 11.6 Å². The number of hydrogen-bond acceptors (Lipinski definition) is 2. The third-order valence-corrected chi connectivity index (χ3v) is 4.44. The molecule has 106 valence electrons. The molecule has 1 aliphatic carbocycles. The summed E-state index contributed by atoms with van der Waals surface area (Å²) in [6, 6.07) is 6.90. The van der Waals surface area contributed by atoms with E-state index in [1.807, 2.05) is 11.7 Å². The summed E-state index contributed by atoms with van der Waals surface area (Å²) in [7, 11) is 1.97. The van der Waals surface area contributed by atoms with Crippen molar-refractivity contribution in [2.45, 2.75) is 38.8 Å². The van der Waals surface area contributed by atoms with Crippen LogP contribution in [0.3, 0.4) is 0 Å². The van der Waals surface area contributed by atoms with Crippen LogP contribution in [0.25, 0.3) is 0 Å². The van der Waals surface area contributed by atoms with Gasteiger partial charge in [-0.25, -0.2) is 0 Å². The number of nitrogens with one attached hydrogen (secondary N) is 1. The smallest absolute Gasteiger partial charge is 0.0837 e. The van der Waals surface area contributed by atoms with E-state index in [-0.39, 0.29) is 6.04 Å². The normalized spacial score (nSPS) is 15.3. The molecular weight excluding hydrogens is 270 g/mol. The summed E-state index contributed by atoms with van der Waals surface area (Å²) in [4.78, 5) is 0. The van der Waals surface area contributed by atoms with Crippen LogP contribution < -0.4 is 5.32 Å². The molecule has 1 aliphatic rings. The fraction of sp³-hybridized carbons (Fsp3) is 0.438. The van der Waals surface area contributed by atoms with Crippen molar-refractivity contribution in [2.24, 2.45) is 0 Å². The summed E-state index contributed by atoms with van der Waals surface area (Å²) in [6.45, 7) is 2.91. The quantitative estimate of drug-likeness (QED) is 0.935. The molecule has 1 N–H and O–H groups in total. The fourth-order valence-electron chi connectivity index (χ4n) is 3.14. The van der Waals surface area contributed by atoms with Crippen LogP contribution >= 0.6 is 11.6 Å². The minimum absolute atomic E-state index is 0.0934. The summed E-state index contributed by atoms with van der Waals surface area (Å²) in [5, 5.41) is 8.46. The maximum atomic E-state index is 6.34. The van der Waals surface area contributed by atoms with Crippen LogP contribution in [-0.2, 0) is 19.4 Å². The highest BCUT2D eigenvalue weighted by Gasteiger charge is 2.22. The molecule has 1 aromatic carbocycles. The van der Waals surface area contributed by atoms with Crippen molar-refractivity contribution in [1.82, 2.24) is 15.1 Å². The first kappa shape index (κ1) is 13.7. The SMILES string of the molecule is CCn1ncc(Cl)c1C(NC)c1ccc2c(c1)CCC2. The zero-order chi connectivity index (χ0) is 14.1. The topological polar surface area (TPSA) is 29.9 Å². The second-order valence-corrected chi connectivity index (χ2v) is 5.70. The van der Waals surface area contributed by atoms with Gasteiger partial charge in [0.25, 0.3) is 0 Å². The molecule has 0 bridgehead atoms. The predicted octanol–water partition coefficient (Wildman–Crippen LogP) is 3.35. The molecular formula is C16H20ClN3. The minimum atomic E-state index is 0.0934. The summed E-state index contributed by atoms with van der Waals surface area (Å²) >= 11 is 6.34. The predicted molar refractivity (Wildman–Crippen MR) is 82.3 cm³/mol. The van der Waals surface area contributed by atoms with Gasteiger partial charge in [0.15, 0.2) is 0 Å². The molecule has 1 atom stereocenters. The average molecular weight is 290 g/mol. The molecule has 2 aromatic rings. The maximum absolute atomic E-state index is 6.34. The third-order valence-electron chi connectivity index (χ3n) is 4.15. The molecule has 1 aromatic heterocycles. The van der Waals surface area contributed by atoms with E-state index in [1.165, 1.54) is 36.0 Å². The lowest BCUT2D eigenvalue weighted by Gasteiger charge is -2.19. The molecule has 0 fully saturated rings. The summed E-state index contributed by atoms with van der Waals surface area (Å²) in [6.07, 6.45) is 5.42. The largest absolute Gasteiger partial charge is 0.308 e. The standard InChI is InChI=1S/C16H20ClN3/c1-3-20-16(14(17)10-19-20)15(18-2)13-8-7-11-5-4-6-12(11)9-13/h7-10,15,18H,3-6H2,1-2H3. The van der Waals surface area contributed by atoms with Crippen LogP contribution in [0, 0.1) is 0 Å². The van der Waals surface area contributed by atoms with Crippen LogP contribution in [0.15, 0.2) is 24.4 Å². The molecule has 0 aliphatic heterocycles. The van der Waals surface area contributed by atoms with Gasteiger partial charge in [-0.3, -0.25) is 4.68 Å². The van der Waals surface area contributed by atoms with E-state index in [0.717, 1.165) is 17.3 Å². The Kier molecular flexibility index (Phi) is 3.81. The Hall–Kier alpha value is -1.32. The van der Waals surface area contributed by atoms with Gasteiger partial charge in [0.05, 0.1) is 23.0 Å². The number of aromatic nitrogens is 2. The van der Waals surface area contributed by atoms with Crippen LogP contribution in [-0.4, -0.2) is 16.8 Å². The van der Waals surface area contributed by atoms with Gasteiger partial charge in [0, 0.05) is 6.54 Å². The Labute approximate surface area is 124 Å². The zero-order valence-corrected chi connectivity index (χ0v) is 12.7. The Morgan fingerprint density at radius 3 is 2.90 bits per heavy atom. The molecule has 0 radical (unpaired) electrons. The Balaban J connectivity index is 2.03. The van der Waals surface area contributed by atoms with Crippen LogP contribution in [0.5, 0.6) is 0 Å². The monoisotopic (exact) mass is 289 g/mol. The average Bonchev–Trinajstić information content (AvgIpc) is 3.07. The van der Waals surface area contributed by atoms with Crippen LogP contribution in [0.4, 0.5) is 0 Å². The number of benzene rings is 1. The van der Waals surface area contributed by atoms with Gasteiger partial charge in [-0.05, 0) is 49.9 Å². The Morgan fingerprint density at radius 2 is 2.15 bits per heavy atom. The number of aryl methyl sites for hydroxylation is 3. The summed E-state index contributed by atoms with van der Waals surface area (Å²) in [5.74, 6) is 0. The lowest BCUT2D eigenvalue weighted by atomic mass is 9.99. The lowest BCUT2D eigenvalue weighted by molar-refractivity contribution is 0.563. The first-order chi connectivity index (χ1) is 9.74. The van der Waals surface area contributed by atoms with E-state index in [1.54, 1.807) is 6.20 Å². The van der Waals surface area contributed by atoms with Gasteiger partial charge in [-0.2, -0.15) is 5.10 Å². The first-order valence-electron chi connectivity index (χ1n) is 7.24. The van der Waals surface area contributed by atoms with Gasteiger partial charge in [0.2, 0.25) is 0 Å². The van der Waals surface area contributed by atoms with Gasteiger partial charge in [-0.15, -0.1) is 0 Å². The number of halogens is 1. The van der Waals surface area contributed by atoms with E-state index in [2.05, 4.69) is 35.5 Å². The third kappa shape index (κ3) is 2.25. The van der Waals surface area contributed by atoms with Crippen molar-refractivity contribution in [1.29, 1.82) is 0 Å². The zero-order valence-electron chi connectivity index (χ0n) is 12.0. The molecule has 0 saturated carbocycles. The Bertz CT molecular complexity index is 618. The second-order valence-electron chi connectivity index (χ2n) is 5.30. The van der Waals surface area contributed by atoms with Crippen molar-refractivity contribution in [3.63, 3.8) is 0 Å². The van der Waals surface area contributed by atoms with Crippen molar-refractivity contribution in [3.05, 3.63) is 51.8 Å². The number of nitrogens with zero attached hydrogens (tertiary/aromatic N) is 2. The molecule has 20 heavy (non-hydrogen) atoms. The maximum Gasteiger partial charge on any atom is 0.0837 e. The molecule has 3 rings (SSSR count). The number of rotatable bonds is 4. The van der Waals surface area contributed by atoms with E-state index in [0.29, 0.717) is 0 Å². The van der Waals surface area contributed by atoms with Crippen molar-refractivity contribution in [3.8, 4) is 0 Å². The molecule has 3 nitrogen and oxygen atoms in total. The fourth-order valence-corrected chi connectivity index (χ4v) is 3.39. The molecule has 0 spiro atoms. The molecule has 4 heteroatoms. The lowest BCUT2D eigenvalue weighted by Crippen LogP contribution is -2.22.